The van der Waals surface area contributed by atoms with Crippen molar-refractivity contribution in [3.63, 3.8) is 0 Å². The third-order valence-corrected chi connectivity index (χ3v) is 5.20. The summed E-state index contributed by atoms with van der Waals surface area (Å²) in [6.45, 7) is 2.07. The Bertz CT molecular complexity index is 1120. The number of benzene rings is 1. The molecule has 1 amide bonds. The van der Waals surface area contributed by atoms with Gasteiger partial charge in [0.25, 0.3) is 5.78 Å². The van der Waals surface area contributed by atoms with Gasteiger partial charge in [-0.3, -0.25) is 4.79 Å². The van der Waals surface area contributed by atoms with Crippen molar-refractivity contribution in [1.29, 1.82) is 0 Å². The number of carbonyl (C=O) groups is 2. The number of aliphatic carboxylic acids is 1. The molecular formula is C21H24F3N7O3. The Morgan fingerprint density at radius 2 is 2.00 bits per heavy atom. The number of halogens is 3. The molecular weight excluding hydrogens is 455 g/mol. The smallest absolute Gasteiger partial charge is 0.475 e. The summed E-state index contributed by atoms with van der Waals surface area (Å²) < 4.78 is 33.3. The van der Waals surface area contributed by atoms with Gasteiger partial charge in [0.05, 0.1) is 12.2 Å². The second-order valence-corrected chi connectivity index (χ2v) is 7.53. The van der Waals surface area contributed by atoms with Crippen molar-refractivity contribution < 1.29 is 27.9 Å². The Kier molecular flexibility index (Phi) is 7.99. The lowest BCUT2D eigenvalue weighted by atomic mass is 10.1. The zero-order chi connectivity index (χ0) is 24.7. The van der Waals surface area contributed by atoms with Crippen LogP contribution in [0.5, 0.6) is 0 Å². The number of anilines is 1. The van der Waals surface area contributed by atoms with Crippen molar-refractivity contribution in [2.75, 3.05) is 32.0 Å². The summed E-state index contributed by atoms with van der Waals surface area (Å²) in [5.74, 6) is -1.52. The highest BCUT2D eigenvalue weighted by molar-refractivity contribution is 5.81. The highest BCUT2D eigenvalue weighted by Gasteiger charge is 2.38. The standard InChI is InChI=1S/C19H23N7O.C2HF3O2/c1-25(15-8-5-9-20-11-15)18(27)12-21-17-10-16(14-6-3-2-4-7-14)24-19-22-13-23-26(17)19;3-2(4,5)1(6)7/h2-4,6-7,10,13,15,20-21H,5,8-9,11-12H2,1H3;(H,6,7). The Morgan fingerprint density at radius 1 is 1.29 bits per heavy atom. The lowest BCUT2D eigenvalue weighted by Crippen LogP contribution is -2.48. The molecule has 4 rings (SSSR count). The number of fused-ring (bicyclic) bond motifs is 1. The number of carboxylic acid groups (broad SMARTS) is 1. The van der Waals surface area contributed by atoms with Crippen LogP contribution in [0.4, 0.5) is 19.0 Å². The maximum Gasteiger partial charge on any atom is 0.490 e. The molecule has 13 heteroatoms. The summed E-state index contributed by atoms with van der Waals surface area (Å²) in [5.41, 5.74) is 1.78. The number of piperidine rings is 1. The second kappa shape index (κ2) is 10.9. The van der Waals surface area contributed by atoms with Gasteiger partial charge in [0.1, 0.15) is 12.1 Å². The number of nitrogens with one attached hydrogen (secondary N) is 2. The fourth-order valence-corrected chi connectivity index (χ4v) is 3.35. The fraction of sp³-hybridized carbons (Fsp3) is 0.381. The van der Waals surface area contributed by atoms with Crippen LogP contribution in [0.3, 0.4) is 0 Å². The van der Waals surface area contributed by atoms with E-state index in [4.69, 9.17) is 9.90 Å². The Balaban J connectivity index is 0.000000406. The van der Waals surface area contributed by atoms with Crippen LogP contribution >= 0.6 is 0 Å². The van der Waals surface area contributed by atoms with E-state index in [0.29, 0.717) is 11.6 Å². The fourth-order valence-electron chi connectivity index (χ4n) is 3.35. The van der Waals surface area contributed by atoms with Gasteiger partial charge in [-0.1, -0.05) is 30.3 Å². The average molecular weight is 479 g/mol. The lowest BCUT2D eigenvalue weighted by Gasteiger charge is -2.31. The van der Waals surface area contributed by atoms with Crippen molar-refractivity contribution in [1.82, 2.24) is 29.8 Å². The SMILES string of the molecule is CN(C(=O)CNc1cc(-c2ccccc2)nc2ncnn12)C1CCCNC1.O=C(O)C(F)(F)F. The molecule has 3 heterocycles. The van der Waals surface area contributed by atoms with Crippen LogP contribution in [0.1, 0.15) is 12.8 Å². The number of rotatable bonds is 5. The lowest BCUT2D eigenvalue weighted by molar-refractivity contribution is -0.192. The number of nitrogens with zero attached hydrogens (tertiary/aromatic N) is 5. The van der Waals surface area contributed by atoms with Crippen LogP contribution in [-0.2, 0) is 9.59 Å². The number of alkyl halides is 3. The van der Waals surface area contributed by atoms with Gasteiger partial charge in [0.2, 0.25) is 5.91 Å². The molecule has 2 aromatic heterocycles. The number of carbonyl (C=O) groups excluding carboxylic acids is 1. The molecule has 3 N–H and O–H groups in total. The van der Waals surface area contributed by atoms with Gasteiger partial charge in [-0.05, 0) is 19.4 Å². The molecule has 3 aromatic rings. The topological polar surface area (TPSA) is 125 Å². The Hall–Kier alpha value is -3.74. The predicted octanol–water partition coefficient (Wildman–Crippen LogP) is 2.05. The molecule has 1 unspecified atom stereocenters. The molecule has 0 bridgehead atoms. The van der Waals surface area contributed by atoms with Crippen LogP contribution < -0.4 is 10.6 Å². The van der Waals surface area contributed by atoms with E-state index in [9.17, 15) is 18.0 Å². The zero-order valence-corrected chi connectivity index (χ0v) is 18.3. The molecule has 1 fully saturated rings. The van der Waals surface area contributed by atoms with Crippen LogP contribution in [0.2, 0.25) is 0 Å². The highest BCUT2D eigenvalue weighted by Crippen LogP contribution is 2.21. The minimum absolute atomic E-state index is 0.0510. The number of aromatic nitrogens is 4. The molecule has 0 spiro atoms. The van der Waals surface area contributed by atoms with Crippen molar-refractivity contribution in [3.8, 4) is 11.3 Å². The molecule has 182 valence electrons. The highest BCUT2D eigenvalue weighted by atomic mass is 19.4. The molecule has 0 aliphatic carbocycles. The third kappa shape index (κ3) is 6.41. The minimum atomic E-state index is -5.08. The first-order valence-electron chi connectivity index (χ1n) is 10.4. The van der Waals surface area contributed by atoms with Crippen molar-refractivity contribution >= 4 is 23.5 Å². The zero-order valence-electron chi connectivity index (χ0n) is 18.3. The molecule has 1 atom stereocenters. The number of likely N-dealkylation sites (N-methyl/N-ethyl adjacent to an activating group) is 1. The summed E-state index contributed by atoms with van der Waals surface area (Å²) >= 11 is 0. The number of hydrogen-bond donors (Lipinski definition) is 3. The Labute approximate surface area is 192 Å². The van der Waals surface area contributed by atoms with Gasteiger partial charge in [-0.2, -0.15) is 27.8 Å². The van der Waals surface area contributed by atoms with Crippen LogP contribution in [0.15, 0.2) is 42.7 Å². The van der Waals surface area contributed by atoms with Gasteiger partial charge in [-0.15, -0.1) is 0 Å². The monoisotopic (exact) mass is 479 g/mol. The number of carboxylic acids is 1. The van der Waals surface area contributed by atoms with Crippen LogP contribution in [-0.4, -0.2) is 80.4 Å². The van der Waals surface area contributed by atoms with E-state index in [1.165, 1.54) is 6.33 Å². The van der Waals surface area contributed by atoms with Gasteiger partial charge in [-0.25, -0.2) is 9.78 Å². The van der Waals surface area contributed by atoms with E-state index in [-0.39, 0.29) is 18.5 Å². The quantitative estimate of drug-likeness (QED) is 0.508. The molecule has 0 radical (unpaired) electrons. The van der Waals surface area contributed by atoms with Gasteiger partial charge >= 0.3 is 12.1 Å². The summed E-state index contributed by atoms with van der Waals surface area (Å²) in [4.78, 5) is 32.1. The normalized spacial score (nSPS) is 15.8. The van der Waals surface area contributed by atoms with Crippen molar-refractivity contribution in [2.24, 2.45) is 0 Å². The van der Waals surface area contributed by atoms with E-state index in [0.717, 1.165) is 37.2 Å². The average Bonchev–Trinajstić information content (AvgIpc) is 3.31. The largest absolute Gasteiger partial charge is 0.490 e. The van der Waals surface area contributed by atoms with Crippen molar-refractivity contribution in [3.05, 3.63) is 42.7 Å². The van der Waals surface area contributed by atoms with E-state index >= 15 is 0 Å². The van der Waals surface area contributed by atoms with E-state index < -0.39 is 12.1 Å². The third-order valence-electron chi connectivity index (χ3n) is 5.20. The molecule has 10 nitrogen and oxygen atoms in total. The molecule has 1 aromatic carbocycles. The minimum Gasteiger partial charge on any atom is -0.475 e. The second-order valence-electron chi connectivity index (χ2n) is 7.53. The van der Waals surface area contributed by atoms with Crippen LogP contribution in [0.25, 0.3) is 17.0 Å². The first-order chi connectivity index (χ1) is 16.2. The summed E-state index contributed by atoms with van der Waals surface area (Å²) in [7, 11) is 1.87. The maximum atomic E-state index is 12.6. The van der Waals surface area contributed by atoms with Gasteiger partial charge in [0.15, 0.2) is 0 Å². The molecule has 1 saturated heterocycles. The van der Waals surface area contributed by atoms with Crippen molar-refractivity contribution in [2.45, 2.75) is 25.1 Å². The van der Waals surface area contributed by atoms with E-state index in [1.807, 2.05) is 48.3 Å². The van der Waals surface area contributed by atoms with Crippen LogP contribution in [0, 0.1) is 0 Å². The van der Waals surface area contributed by atoms with Gasteiger partial charge < -0.3 is 20.6 Å². The molecule has 0 saturated carbocycles. The predicted molar refractivity (Wildman–Crippen MR) is 117 cm³/mol. The molecule has 1 aliphatic heterocycles. The molecule has 34 heavy (non-hydrogen) atoms. The number of hydrogen-bond acceptors (Lipinski definition) is 7. The summed E-state index contributed by atoms with van der Waals surface area (Å²) in [5, 5.41) is 17.9. The summed E-state index contributed by atoms with van der Waals surface area (Å²) in [6.07, 6.45) is -1.49. The van der Waals surface area contributed by atoms with E-state index in [2.05, 4.69) is 25.7 Å². The van der Waals surface area contributed by atoms with Gasteiger partial charge in [0, 0.05) is 31.3 Å². The Morgan fingerprint density at radius 3 is 2.62 bits per heavy atom. The summed E-state index contributed by atoms with van der Waals surface area (Å²) in [6, 6.07) is 12.0. The van der Waals surface area contributed by atoms with E-state index in [1.54, 1.807) is 4.52 Å². The molecule has 1 aliphatic rings. The maximum absolute atomic E-state index is 12.6. The first-order valence-corrected chi connectivity index (χ1v) is 10.4. The first kappa shape index (κ1) is 24.9. The number of amides is 1.